The minimum absolute atomic E-state index is 0.272. The summed E-state index contributed by atoms with van der Waals surface area (Å²) in [5.74, 6) is 1.27. The molecule has 114 valence electrons. The number of piperidine rings is 1. The Hall–Kier alpha value is -2.30. The molecule has 0 spiro atoms. The zero-order valence-corrected chi connectivity index (χ0v) is 12.7. The van der Waals surface area contributed by atoms with Crippen LogP contribution in [-0.4, -0.2) is 32.6 Å². The Labute approximate surface area is 129 Å². The smallest absolute Gasteiger partial charge is 0.143 e. The second-order valence-electron chi connectivity index (χ2n) is 6.03. The maximum Gasteiger partial charge on any atom is 0.143 e. The molecule has 0 bridgehead atoms. The molecule has 1 aliphatic heterocycles. The lowest BCUT2D eigenvalue weighted by atomic mass is 9.99. The summed E-state index contributed by atoms with van der Waals surface area (Å²) in [6, 6.07) is 5.92. The minimum atomic E-state index is 0.272. The number of H-pyrrole nitrogens is 1. The summed E-state index contributed by atoms with van der Waals surface area (Å²) in [7, 11) is 0. The fraction of sp³-hybridized carbons (Fsp3) is 0.412. The summed E-state index contributed by atoms with van der Waals surface area (Å²) in [6.45, 7) is 3.28. The molecule has 0 amide bonds. The van der Waals surface area contributed by atoms with Crippen molar-refractivity contribution in [2.75, 3.05) is 11.4 Å². The van der Waals surface area contributed by atoms with E-state index in [-0.39, 0.29) is 5.75 Å². The normalized spacial score (nSPS) is 19.1. The zero-order chi connectivity index (χ0) is 15.1. The third kappa shape index (κ3) is 2.00. The molecule has 1 fully saturated rings. The molecule has 1 saturated heterocycles. The molecule has 2 aromatic heterocycles. The molecule has 0 radical (unpaired) electrons. The van der Waals surface area contributed by atoms with Gasteiger partial charge < -0.3 is 15.0 Å². The van der Waals surface area contributed by atoms with Crippen molar-refractivity contribution >= 4 is 27.8 Å². The van der Waals surface area contributed by atoms with Gasteiger partial charge >= 0.3 is 0 Å². The van der Waals surface area contributed by atoms with E-state index in [1.54, 1.807) is 18.5 Å². The molecule has 1 unspecified atom stereocenters. The second-order valence-corrected chi connectivity index (χ2v) is 6.03. The number of hydrogen-bond donors (Lipinski definition) is 2. The van der Waals surface area contributed by atoms with Crippen molar-refractivity contribution in [3.8, 4) is 5.75 Å². The van der Waals surface area contributed by atoms with E-state index in [0.717, 1.165) is 40.7 Å². The van der Waals surface area contributed by atoms with Crippen molar-refractivity contribution in [1.82, 2.24) is 15.0 Å². The lowest BCUT2D eigenvalue weighted by Crippen LogP contribution is -2.39. The van der Waals surface area contributed by atoms with Crippen LogP contribution in [0.5, 0.6) is 5.75 Å². The third-order valence-corrected chi connectivity index (χ3v) is 4.72. The Morgan fingerprint density at radius 3 is 3.09 bits per heavy atom. The van der Waals surface area contributed by atoms with Gasteiger partial charge in [-0.25, -0.2) is 9.97 Å². The molecule has 5 heteroatoms. The fourth-order valence-corrected chi connectivity index (χ4v) is 3.62. The van der Waals surface area contributed by atoms with Crippen LogP contribution in [0.2, 0.25) is 0 Å². The van der Waals surface area contributed by atoms with E-state index >= 15 is 0 Å². The lowest BCUT2D eigenvalue weighted by Gasteiger charge is -2.36. The summed E-state index contributed by atoms with van der Waals surface area (Å²) in [5.41, 5.74) is 1.82. The first-order valence-corrected chi connectivity index (χ1v) is 8.00. The molecular formula is C17H20N4O. The van der Waals surface area contributed by atoms with Gasteiger partial charge in [-0.2, -0.15) is 0 Å². The third-order valence-electron chi connectivity index (χ3n) is 4.72. The number of hydrogen-bond acceptors (Lipinski definition) is 4. The first kappa shape index (κ1) is 13.4. The maximum absolute atomic E-state index is 9.84. The maximum atomic E-state index is 9.84. The molecular weight excluding hydrogens is 276 g/mol. The van der Waals surface area contributed by atoms with Crippen molar-refractivity contribution in [3.63, 3.8) is 0 Å². The predicted molar refractivity (Wildman–Crippen MR) is 88.3 cm³/mol. The Morgan fingerprint density at radius 1 is 1.32 bits per heavy atom. The molecule has 3 aromatic rings. The summed E-state index contributed by atoms with van der Waals surface area (Å²) < 4.78 is 0. The van der Waals surface area contributed by atoms with Crippen molar-refractivity contribution in [1.29, 1.82) is 0 Å². The molecule has 0 saturated carbocycles. The molecule has 4 rings (SSSR count). The molecule has 5 nitrogen and oxygen atoms in total. The van der Waals surface area contributed by atoms with Gasteiger partial charge in [-0.15, -0.1) is 0 Å². The Morgan fingerprint density at radius 2 is 2.23 bits per heavy atom. The number of nitrogens with zero attached hydrogens (tertiary/aromatic N) is 3. The first-order chi connectivity index (χ1) is 10.8. The molecule has 3 heterocycles. The van der Waals surface area contributed by atoms with Gasteiger partial charge in [-0.3, -0.25) is 0 Å². The zero-order valence-electron chi connectivity index (χ0n) is 12.7. The van der Waals surface area contributed by atoms with Gasteiger partial charge in [-0.1, -0.05) is 6.92 Å². The van der Waals surface area contributed by atoms with E-state index < -0.39 is 0 Å². The summed E-state index contributed by atoms with van der Waals surface area (Å²) in [5, 5.41) is 11.9. The quantitative estimate of drug-likeness (QED) is 0.758. The van der Waals surface area contributed by atoms with Crippen LogP contribution in [-0.2, 0) is 0 Å². The van der Waals surface area contributed by atoms with Gasteiger partial charge in [0.2, 0.25) is 0 Å². The number of rotatable bonds is 2. The number of anilines is 1. The number of aromatic nitrogens is 3. The number of aromatic amines is 1. The van der Waals surface area contributed by atoms with Gasteiger partial charge in [0.15, 0.2) is 0 Å². The van der Waals surface area contributed by atoms with E-state index in [1.165, 1.54) is 19.3 Å². The lowest BCUT2D eigenvalue weighted by molar-refractivity contribution is 0.448. The van der Waals surface area contributed by atoms with E-state index in [9.17, 15) is 5.11 Å². The van der Waals surface area contributed by atoms with Crippen LogP contribution in [0.4, 0.5) is 5.82 Å². The number of phenols is 1. The van der Waals surface area contributed by atoms with Gasteiger partial charge in [0.05, 0.1) is 5.39 Å². The SMILES string of the molecule is CCC1CCCCN1c1ncnc2[nH]c3ccc(O)cc3c12. The molecule has 1 aliphatic rings. The Balaban J connectivity index is 1.96. The predicted octanol–water partition coefficient (Wildman–Crippen LogP) is 3.59. The van der Waals surface area contributed by atoms with E-state index in [1.807, 2.05) is 6.07 Å². The van der Waals surface area contributed by atoms with Crippen molar-refractivity contribution in [2.24, 2.45) is 0 Å². The van der Waals surface area contributed by atoms with E-state index in [0.29, 0.717) is 6.04 Å². The highest BCUT2D eigenvalue weighted by Gasteiger charge is 2.25. The molecule has 1 atom stereocenters. The monoisotopic (exact) mass is 296 g/mol. The van der Waals surface area contributed by atoms with E-state index in [2.05, 4.69) is 26.8 Å². The van der Waals surface area contributed by atoms with Crippen LogP contribution < -0.4 is 4.90 Å². The second kappa shape index (κ2) is 5.16. The number of benzene rings is 1. The van der Waals surface area contributed by atoms with Crippen molar-refractivity contribution < 1.29 is 5.11 Å². The Bertz CT molecular complexity index is 826. The van der Waals surface area contributed by atoms with Crippen LogP contribution in [0.15, 0.2) is 24.5 Å². The highest BCUT2D eigenvalue weighted by molar-refractivity contribution is 6.11. The summed E-state index contributed by atoms with van der Waals surface area (Å²) in [4.78, 5) is 14.7. The molecule has 1 aromatic carbocycles. The first-order valence-electron chi connectivity index (χ1n) is 8.00. The molecule has 2 N–H and O–H groups in total. The highest BCUT2D eigenvalue weighted by atomic mass is 16.3. The highest BCUT2D eigenvalue weighted by Crippen LogP contribution is 2.35. The standard InChI is InChI=1S/C17H20N4O/c1-2-11-5-3-4-8-21(11)17-15-13-9-12(22)6-7-14(13)20-16(15)18-10-19-17/h6-7,9-11,22H,2-5,8H2,1H3,(H,18,19,20). The van der Waals surface area contributed by atoms with Gasteiger partial charge in [0.25, 0.3) is 0 Å². The number of fused-ring (bicyclic) bond motifs is 3. The van der Waals surface area contributed by atoms with Crippen LogP contribution in [0, 0.1) is 0 Å². The minimum Gasteiger partial charge on any atom is -0.508 e. The van der Waals surface area contributed by atoms with E-state index in [4.69, 9.17) is 0 Å². The van der Waals surface area contributed by atoms with Crippen LogP contribution >= 0.6 is 0 Å². The van der Waals surface area contributed by atoms with Crippen LogP contribution in [0.1, 0.15) is 32.6 Å². The van der Waals surface area contributed by atoms with Gasteiger partial charge in [0.1, 0.15) is 23.5 Å². The van der Waals surface area contributed by atoms with Gasteiger partial charge in [0, 0.05) is 23.5 Å². The topological polar surface area (TPSA) is 65.0 Å². The van der Waals surface area contributed by atoms with Crippen LogP contribution in [0.25, 0.3) is 21.9 Å². The number of phenolic OH excluding ortho intramolecular Hbond substituents is 1. The number of nitrogens with one attached hydrogen (secondary N) is 1. The average molecular weight is 296 g/mol. The molecule has 22 heavy (non-hydrogen) atoms. The van der Waals surface area contributed by atoms with Crippen molar-refractivity contribution in [2.45, 2.75) is 38.6 Å². The van der Waals surface area contributed by atoms with Gasteiger partial charge in [-0.05, 0) is 43.9 Å². The summed E-state index contributed by atoms with van der Waals surface area (Å²) in [6.07, 6.45) is 6.47. The van der Waals surface area contributed by atoms with Crippen LogP contribution in [0.3, 0.4) is 0 Å². The van der Waals surface area contributed by atoms with Crippen molar-refractivity contribution in [3.05, 3.63) is 24.5 Å². The average Bonchev–Trinajstić information content (AvgIpc) is 2.92. The number of aromatic hydroxyl groups is 1. The molecule has 0 aliphatic carbocycles. The fourth-order valence-electron chi connectivity index (χ4n) is 3.62. The Kier molecular flexibility index (Phi) is 3.13. The largest absolute Gasteiger partial charge is 0.508 e. The summed E-state index contributed by atoms with van der Waals surface area (Å²) >= 11 is 0.